The van der Waals surface area contributed by atoms with Crippen LogP contribution in [0.4, 0.5) is 9.59 Å². The zero-order valence-corrected chi connectivity index (χ0v) is 20.9. The molecule has 9 heteroatoms. The topological polar surface area (TPSA) is 114 Å². The number of hydrogen-bond acceptors (Lipinski definition) is 9. The van der Waals surface area contributed by atoms with Gasteiger partial charge in [-0.05, 0) is 60.6 Å². The van der Waals surface area contributed by atoms with Crippen LogP contribution in [0.25, 0.3) is 0 Å². The Bertz CT molecular complexity index is 1090. The summed E-state index contributed by atoms with van der Waals surface area (Å²) in [5.74, 6) is -2.19. The molecule has 0 fully saturated rings. The van der Waals surface area contributed by atoms with Gasteiger partial charge in [-0.2, -0.15) is 0 Å². The van der Waals surface area contributed by atoms with Crippen molar-refractivity contribution in [2.75, 3.05) is 6.61 Å². The molecule has 188 valence electrons. The van der Waals surface area contributed by atoms with Crippen molar-refractivity contribution in [1.29, 1.82) is 0 Å². The maximum Gasteiger partial charge on any atom is 0.514 e. The summed E-state index contributed by atoms with van der Waals surface area (Å²) in [6, 6.07) is 10.5. The molecule has 35 heavy (non-hydrogen) atoms. The Morgan fingerprint density at radius 3 is 1.57 bits per heavy atom. The largest absolute Gasteiger partial charge is 0.514 e. The van der Waals surface area contributed by atoms with Gasteiger partial charge in [-0.1, -0.05) is 30.3 Å². The third-order valence-corrected chi connectivity index (χ3v) is 4.04. The summed E-state index contributed by atoms with van der Waals surface area (Å²) in [5, 5.41) is 0. The molecule has 0 saturated carbocycles. The lowest BCUT2D eigenvalue weighted by atomic mass is 9.96. The van der Waals surface area contributed by atoms with E-state index in [0.29, 0.717) is 0 Å². The number of ketones is 1. The van der Waals surface area contributed by atoms with Crippen molar-refractivity contribution in [3.8, 4) is 11.5 Å². The average molecular weight is 487 g/mol. The van der Waals surface area contributed by atoms with Crippen LogP contribution in [0.3, 0.4) is 0 Å². The van der Waals surface area contributed by atoms with Crippen molar-refractivity contribution < 1.29 is 42.9 Å². The highest BCUT2D eigenvalue weighted by atomic mass is 16.7. The molecule has 0 N–H and O–H groups in total. The fraction of sp³-hybridized carbons (Fsp3) is 0.385. The van der Waals surface area contributed by atoms with E-state index in [9.17, 15) is 19.2 Å². The second-order valence-corrected chi connectivity index (χ2v) is 9.36. The molecule has 0 amide bonds. The highest BCUT2D eigenvalue weighted by Crippen LogP contribution is 2.34. The number of rotatable bonds is 6. The van der Waals surface area contributed by atoms with Crippen LogP contribution in [-0.2, 0) is 14.2 Å². The summed E-state index contributed by atoms with van der Waals surface area (Å²) in [5.41, 5.74) is -2.27. The number of esters is 1. The van der Waals surface area contributed by atoms with Gasteiger partial charge in [0.05, 0.1) is 12.2 Å². The molecule has 2 aromatic carbocycles. The number of carbonyl (C=O) groups is 4. The van der Waals surface area contributed by atoms with Gasteiger partial charge in [-0.25, -0.2) is 14.4 Å². The van der Waals surface area contributed by atoms with Gasteiger partial charge in [0.2, 0.25) is 0 Å². The lowest BCUT2D eigenvalue weighted by Crippen LogP contribution is -2.28. The lowest BCUT2D eigenvalue weighted by molar-refractivity contribution is 0.0179. The fourth-order valence-electron chi connectivity index (χ4n) is 2.82. The Labute approximate surface area is 204 Å². The molecule has 2 aromatic rings. The molecule has 9 nitrogen and oxygen atoms in total. The van der Waals surface area contributed by atoms with Crippen LogP contribution < -0.4 is 9.47 Å². The van der Waals surface area contributed by atoms with Gasteiger partial charge in [0.1, 0.15) is 28.3 Å². The van der Waals surface area contributed by atoms with Gasteiger partial charge in [0.15, 0.2) is 5.78 Å². The van der Waals surface area contributed by atoms with E-state index < -0.39 is 40.8 Å². The Hall–Kier alpha value is -3.88. The van der Waals surface area contributed by atoms with Crippen LogP contribution in [0.5, 0.6) is 11.5 Å². The summed E-state index contributed by atoms with van der Waals surface area (Å²) < 4.78 is 26.1. The first-order valence-corrected chi connectivity index (χ1v) is 11.0. The van der Waals surface area contributed by atoms with Crippen LogP contribution in [0.15, 0.2) is 42.5 Å². The molecule has 2 rings (SSSR count). The lowest BCUT2D eigenvalue weighted by Gasteiger charge is -2.21. The second kappa shape index (κ2) is 11.0. The highest BCUT2D eigenvalue weighted by Gasteiger charge is 2.32. The van der Waals surface area contributed by atoms with Crippen molar-refractivity contribution >= 4 is 24.1 Å². The summed E-state index contributed by atoms with van der Waals surface area (Å²) in [4.78, 5) is 51.2. The van der Waals surface area contributed by atoms with E-state index in [1.54, 1.807) is 66.7 Å². The molecular weight excluding hydrogens is 456 g/mol. The summed E-state index contributed by atoms with van der Waals surface area (Å²) in [6.07, 6.45) is -2.18. The summed E-state index contributed by atoms with van der Waals surface area (Å²) >= 11 is 0. The van der Waals surface area contributed by atoms with Gasteiger partial charge >= 0.3 is 18.3 Å². The van der Waals surface area contributed by atoms with E-state index in [0.717, 1.165) is 0 Å². The van der Waals surface area contributed by atoms with Crippen molar-refractivity contribution in [2.24, 2.45) is 0 Å². The number of carbonyl (C=O) groups excluding carboxylic acids is 4. The first-order chi connectivity index (χ1) is 16.2. The summed E-state index contributed by atoms with van der Waals surface area (Å²) in [6.45, 7) is 11.4. The predicted molar refractivity (Wildman–Crippen MR) is 126 cm³/mol. The van der Waals surface area contributed by atoms with Crippen LogP contribution >= 0.6 is 0 Å². The summed E-state index contributed by atoms with van der Waals surface area (Å²) in [7, 11) is 0. The van der Waals surface area contributed by atoms with E-state index in [4.69, 9.17) is 23.7 Å². The first-order valence-electron chi connectivity index (χ1n) is 11.0. The van der Waals surface area contributed by atoms with Gasteiger partial charge in [-0.15, -0.1) is 0 Å². The van der Waals surface area contributed by atoms with Crippen molar-refractivity contribution in [3.05, 3.63) is 59.2 Å². The number of ether oxygens (including phenoxy) is 5. The molecule has 0 aliphatic rings. The van der Waals surface area contributed by atoms with E-state index in [1.165, 1.54) is 24.3 Å². The molecule has 0 aliphatic carbocycles. The first kappa shape index (κ1) is 27.4. The smallest absolute Gasteiger partial charge is 0.462 e. The Morgan fingerprint density at radius 1 is 0.686 bits per heavy atom. The van der Waals surface area contributed by atoms with E-state index in [2.05, 4.69) is 0 Å². The van der Waals surface area contributed by atoms with E-state index >= 15 is 0 Å². The molecule has 0 spiro atoms. The van der Waals surface area contributed by atoms with Gasteiger partial charge in [0, 0.05) is 5.56 Å². The van der Waals surface area contributed by atoms with Crippen LogP contribution in [0, 0.1) is 0 Å². The average Bonchev–Trinajstić information content (AvgIpc) is 2.72. The van der Waals surface area contributed by atoms with Crippen molar-refractivity contribution in [3.63, 3.8) is 0 Å². The minimum Gasteiger partial charge on any atom is -0.462 e. The maximum atomic E-state index is 13.5. The molecule has 0 radical (unpaired) electrons. The zero-order valence-electron chi connectivity index (χ0n) is 20.9. The fourth-order valence-corrected chi connectivity index (χ4v) is 2.82. The molecule has 0 aliphatic heterocycles. The SMILES string of the molecule is CCOC(=O)c1c(OC(=O)OC(C)(C)C)ccc(OC(=O)OC(C)(C)C)c1C(=O)c1ccccc1. The monoisotopic (exact) mass is 486 g/mol. The van der Waals surface area contributed by atoms with Crippen molar-refractivity contribution in [1.82, 2.24) is 0 Å². The highest BCUT2D eigenvalue weighted by molar-refractivity contribution is 6.17. The zero-order chi connectivity index (χ0) is 26.4. The predicted octanol–water partition coefficient (Wildman–Crippen LogP) is 5.72. The number of benzene rings is 2. The Kier molecular flexibility index (Phi) is 8.62. The maximum absolute atomic E-state index is 13.5. The van der Waals surface area contributed by atoms with E-state index in [1.807, 2.05) is 0 Å². The molecule has 0 atom stereocenters. The normalized spacial score (nSPS) is 11.3. The third-order valence-electron chi connectivity index (χ3n) is 4.04. The standard InChI is InChI=1S/C26H30O9/c1-8-31-22(28)20-18(33-24(30)35-26(5,6)7)15-14-17(32-23(29)34-25(2,3)4)19(20)21(27)16-12-10-9-11-13-16/h9-15H,8H2,1-7H3. The van der Waals surface area contributed by atoms with E-state index in [-0.39, 0.29) is 29.2 Å². The van der Waals surface area contributed by atoms with Crippen LogP contribution in [-0.4, -0.2) is 41.9 Å². The minimum atomic E-state index is -1.10. The van der Waals surface area contributed by atoms with Crippen molar-refractivity contribution in [2.45, 2.75) is 59.7 Å². The second-order valence-electron chi connectivity index (χ2n) is 9.36. The molecule has 0 aromatic heterocycles. The molecule has 0 bridgehead atoms. The Balaban J connectivity index is 2.69. The Morgan fingerprint density at radius 2 is 1.14 bits per heavy atom. The molecule has 0 saturated heterocycles. The van der Waals surface area contributed by atoms with Gasteiger partial charge in [-0.3, -0.25) is 4.79 Å². The number of hydrogen-bond donors (Lipinski definition) is 0. The quantitative estimate of drug-likeness (QED) is 0.219. The molecular formula is C26H30O9. The minimum absolute atomic E-state index is 0.0270. The van der Waals surface area contributed by atoms with Gasteiger partial charge in [0.25, 0.3) is 0 Å². The van der Waals surface area contributed by atoms with Gasteiger partial charge < -0.3 is 23.7 Å². The van der Waals surface area contributed by atoms with Crippen LogP contribution in [0.1, 0.15) is 74.7 Å². The molecule has 0 unspecified atom stereocenters. The third kappa shape index (κ3) is 8.13. The molecule has 0 heterocycles. The van der Waals surface area contributed by atoms with Crippen LogP contribution in [0.2, 0.25) is 0 Å².